The van der Waals surface area contributed by atoms with Crippen molar-refractivity contribution in [2.24, 2.45) is 5.41 Å². The Morgan fingerprint density at radius 1 is 0.889 bits per heavy atom. The number of ether oxygens (including phenoxy) is 1. The van der Waals surface area contributed by atoms with Crippen LogP contribution in [0.1, 0.15) is 86.0 Å². The minimum absolute atomic E-state index is 0.0409. The number of hydrogen-bond acceptors (Lipinski definition) is 5. The molecule has 2 rings (SSSR count). The Morgan fingerprint density at radius 3 is 2.06 bits per heavy atom. The number of rotatable bonds is 17. The Bertz CT molecular complexity index is 1090. The van der Waals surface area contributed by atoms with Crippen molar-refractivity contribution in [1.82, 2.24) is 18.3 Å². The summed E-state index contributed by atoms with van der Waals surface area (Å²) >= 11 is 0. The summed E-state index contributed by atoms with van der Waals surface area (Å²) in [6, 6.07) is 0. The minimum Gasteiger partial charge on any atom is -0.493 e. The van der Waals surface area contributed by atoms with E-state index in [9.17, 15) is 19.8 Å². The second-order valence-corrected chi connectivity index (χ2v) is 11.0. The minimum atomic E-state index is -0.493. The van der Waals surface area contributed by atoms with Crippen LogP contribution in [0.15, 0.2) is 28.6 Å². The number of aryl methyl sites for hydroxylation is 1. The zero-order valence-corrected chi connectivity index (χ0v) is 22.8. The highest BCUT2D eigenvalue weighted by Crippen LogP contribution is 2.29. The highest BCUT2D eigenvalue weighted by atomic mass is 16.5. The van der Waals surface area contributed by atoms with Crippen LogP contribution in [0.5, 0.6) is 11.8 Å². The van der Waals surface area contributed by atoms with Gasteiger partial charge in [0.05, 0.1) is 12.4 Å². The van der Waals surface area contributed by atoms with Crippen molar-refractivity contribution in [2.75, 3.05) is 13.2 Å². The van der Waals surface area contributed by atoms with E-state index in [1.54, 1.807) is 0 Å². The van der Waals surface area contributed by atoms with Crippen molar-refractivity contribution >= 4 is 6.20 Å². The molecule has 0 amide bonds. The van der Waals surface area contributed by atoms with E-state index >= 15 is 0 Å². The molecule has 0 aromatic carbocycles. The summed E-state index contributed by atoms with van der Waals surface area (Å²) in [5.41, 5.74) is -0.749. The van der Waals surface area contributed by atoms with Gasteiger partial charge in [0.25, 0.3) is 0 Å². The molecule has 0 fully saturated rings. The Balaban J connectivity index is 1.59. The van der Waals surface area contributed by atoms with Gasteiger partial charge in [-0.05, 0) is 71.1 Å². The van der Waals surface area contributed by atoms with Gasteiger partial charge in [-0.25, -0.2) is 9.59 Å². The molecule has 204 valence electrons. The predicted octanol–water partition coefficient (Wildman–Crippen LogP) is 4.74. The van der Waals surface area contributed by atoms with Gasteiger partial charge in [-0.3, -0.25) is 18.3 Å². The molecule has 2 heterocycles. The average molecular weight is 507 g/mol. The van der Waals surface area contributed by atoms with E-state index in [-0.39, 0.29) is 28.6 Å². The third kappa shape index (κ3) is 7.91. The van der Waals surface area contributed by atoms with Gasteiger partial charge < -0.3 is 14.9 Å². The first-order valence-electron chi connectivity index (χ1n) is 13.2. The molecule has 2 aromatic heterocycles. The van der Waals surface area contributed by atoms with E-state index in [1.165, 1.54) is 36.9 Å². The Kier molecular flexibility index (Phi) is 10.7. The number of nitrogens with zero attached hydrogens (tertiary/aromatic N) is 4. The first kappa shape index (κ1) is 29.5. The van der Waals surface area contributed by atoms with E-state index < -0.39 is 5.54 Å². The first-order chi connectivity index (χ1) is 16.9. The van der Waals surface area contributed by atoms with Gasteiger partial charge in [-0.15, -0.1) is 0 Å². The summed E-state index contributed by atoms with van der Waals surface area (Å²) in [6.07, 6.45) is 11.8. The van der Waals surface area contributed by atoms with Gasteiger partial charge in [0.1, 0.15) is 0 Å². The lowest BCUT2D eigenvalue weighted by molar-refractivity contribution is 0.119. The molecule has 0 spiro atoms. The summed E-state index contributed by atoms with van der Waals surface area (Å²) < 4.78 is 11.5. The summed E-state index contributed by atoms with van der Waals surface area (Å²) in [5, 5.41) is 20.1. The largest absolute Gasteiger partial charge is 0.493 e. The van der Waals surface area contributed by atoms with E-state index in [0.717, 1.165) is 58.0 Å². The van der Waals surface area contributed by atoms with Crippen molar-refractivity contribution in [1.29, 1.82) is 0 Å². The second kappa shape index (κ2) is 13.0. The van der Waals surface area contributed by atoms with Crippen LogP contribution >= 0.6 is 0 Å². The molecule has 9 nitrogen and oxygen atoms in total. The Hall–Kier alpha value is -2.68. The van der Waals surface area contributed by atoms with Crippen molar-refractivity contribution in [3.63, 3.8) is 0 Å². The van der Waals surface area contributed by atoms with Gasteiger partial charge >= 0.3 is 11.4 Å². The van der Waals surface area contributed by atoms with Gasteiger partial charge in [-0.2, -0.15) is 0 Å². The molecule has 0 unspecified atom stereocenters. The number of unbranched alkanes of at least 4 members (excludes halogenated alkanes) is 2. The highest BCUT2D eigenvalue weighted by molar-refractivity contribution is 5.22. The lowest BCUT2D eigenvalue weighted by Crippen LogP contribution is -2.36. The molecule has 0 aliphatic rings. The zero-order valence-electron chi connectivity index (χ0n) is 22.8. The van der Waals surface area contributed by atoms with E-state index in [0.29, 0.717) is 19.7 Å². The molecule has 36 heavy (non-hydrogen) atoms. The van der Waals surface area contributed by atoms with Crippen molar-refractivity contribution in [3.05, 3.63) is 39.9 Å². The monoisotopic (exact) mass is 506 g/mol. The number of hydrogen-bond donors (Lipinski definition) is 2. The zero-order chi connectivity index (χ0) is 26.9. The van der Waals surface area contributed by atoms with Crippen LogP contribution in [0.3, 0.4) is 0 Å². The molecule has 0 bridgehead atoms. The number of imidazole rings is 2. The van der Waals surface area contributed by atoms with Gasteiger partial charge in [0.2, 0.25) is 11.8 Å². The SMILES string of the molecule is C=Cn1cc(O)n(C(C)(C)CCCCOCCCCC(C)(C)CCCn2c(O)cn(CC)c2=O)c1=O. The maximum atomic E-state index is 12.4. The molecule has 2 aromatic rings. The molecule has 0 aliphatic heterocycles. The molecule has 0 saturated heterocycles. The Morgan fingerprint density at radius 2 is 1.50 bits per heavy atom. The third-order valence-corrected chi connectivity index (χ3v) is 7.02. The van der Waals surface area contributed by atoms with Crippen LogP contribution in [0, 0.1) is 5.41 Å². The summed E-state index contributed by atoms with van der Waals surface area (Å²) in [6.45, 7) is 16.4. The highest BCUT2D eigenvalue weighted by Gasteiger charge is 2.26. The fourth-order valence-electron chi connectivity index (χ4n) is 4.73. The van der Waals surface area contributed by atoms with E-state index in [4.69, 9.17) is 4.74 Å². The van der Waals surface area contributed by atoms with Crippen molar-refractivity contribution in [3.8, 4) is 11.8 Å². The number of aromatic hydroxyl groups is 2. The lowest BCUT2D eigenvalue weighted by Gasteiger charge is -2.26. The molecule has 0 atom stereocenters. The molecular formula is C27H46N4O5. The van der Waals surface area contributed by atoms with Gasteiger partial charge in [-0.1, -0.05) is 26.8 Å². The number of aromatic nitrogens is 4. The summed E-state index contributed by atoms with van der Waals surface area (Å²) in [5.74, 6) is -0.00837. The van der Waals surface area contributed by atoms with E-state index in [2.05, 4.69) is 20.4 Å². The molecule has 9 heteroatoms. The second-order valence-electron chi connectivity index (χ2n) is 11.0. The normalized spacial score (nSPS) is 12.4. The smallest absolute Gasteiger partial charge is 0.335 e. The standard InChI is InChI=1S/C27H46N4O5/c1-7-28-20-22(32)30(24(28)34)17-13-15-26(3,4)14-9-11-18-36-19-12-10-16-27(5,6)31-23(33)21-29(8-2)25(31)35/h8,20-21,32-33H,2,7,9-19H2,1,3-6H3. The maximum Gasteiger partial charge on any atom is 0.335 e. The quantitative estimate of drug-likeness (QED) is 0.302. The van der Waals surface area contributed by atoms with Crippen LogP contribution in [0.25, 0.3) is 6.20 Å². The summed E-state index contributed by atoms with van der Waals surface area (Å²) in [4.78, 5) is 24.6. The fourth-order valence-corrected chi connectivity index (χ4v) is 4.73. The molecular weight excluding hydrogens is 460 g/mol. The molecule has 0 radical (unpaired) electrons. The van der Waals surface area contributed by atoms with Crippen LogP contribution in [-0.4, -0.2) is 41.7 Å². The molecule has 0 saturated carbocycles. The van der Waals surface area contributed by atoms with E-state index in [1.807, 2.05) is 20.8 Å². The van der Waals surface area contributed by atoms with Crippen molar-refractivity contribution in [2.45, 2.75) is 105 Å². The average Bonchev–Trinajstić information content (AvgIpc) is 3.26. The maximum absolute atomic E-state index is 12.4. The topological polar surface area (TPSA) is 104 Å². The third-order valence-electron chi connectivity index (χ3n) is 7.02. The molecule has 2 N–H and O–H groups in total. The van der Waals surface area contributed by atoms with Gasteiger partial charge in [0, 0.05) is 38.0 Å². The predicted molar refractivity (Wildman–Crippen MR) is 144 cm³/mol. The fraction of sp³-hybridized carbons (Fsp3) is 0.704. The lowest BCUT2D eigenvalue weighted by atomic mass is 9.83. The Labute approximate surface area is 214 Å². The molecule has 0 aliphatic carbocycles. The van der Waals surface area contributed by atoms with Crippen LogP contribution in [0.4, 0.5) is 0 Å². The van der Waals surface area contributed by atoms with Crippen LogP contribution in [0.2, 0.25) is 0 Å². The summed E-state index contributed by atoms with van der Waals surface area (Å²) in [7, 11) is 0. The van der Waals surface area contributed by atoms with Crippen LogP contribution < -0.4 is 11.4 Å². The van der Waals surface area contributed by atoms with Crippen LogP contribution in [-0.2, 0) is 23.4 Å². The van der Waals surface area contributed by atoms with Gasteiger partial charge in [0.15, 0.2) is 0 Å². The van der Waals surface area contributed by atoms with Crippen molar-refractivity contribution < 1.29 is 14.9 Å². The first-order valence-corrected chi connectivity index (χ1v) is 13.2.